The molecule has 1 unspecified atom stereocenters. The number of hydrogen-bond donors (Lipinski definition) is 2. The first-order valence-electron chi connectivity index (χ1n) is 4.62. The van der Waals surface area contributed by atoms with Crippen LogP contribution in [0.3, 0.4) is 0 Å². The molecule has 1 atom stereocenters. The fourth-order valence-electron chi connectivity index (χ4n) is 0.948. The van der Waals surface area contributed by atoms with Crippen molar-refractivity contribution in [3.63, 3.8) is 0 Å². The molecule has 0 aliphatic carbocycles. The Morgan fingerprint density at radius 2 is 2.08 bits per heavy atom. The van der Waals surface area contributed by atoms with Gasteiger partial charge in [0.1, 0.15) is 0 Å². The molecule has 0 fully saturated rings. The van der Waals surface area contributed by atoms with Crippen molar-refractivity contribution < 1.29 is 19.1 Å². The minimum Gasteiger partial charge on any atom is -0.378 e. The molecule has 0 aromatic carbocycles. The van der Waals surface area contributed by atoms with Gasteiger partial charge >= 0.3 is 7.60 Å². The zero-order chi connectivity index (χ0) is 10.3. The number of hydrogen-bond acceptors (Lipinski definition) is 2. The zero-order valence-corrected chi connectivity index (χ0v) is 9.17. The molecule has 80 valence electrons. The van der Waals surface area contributed by atoms with Crippen molar-refractivity contribution in [2.75, 3.05) is 12.8 Å². The molecule has 5 heteroatoms. The van der Waals surface area contributed by atoms with E-state index in [4.69, 9.17) is 14.5 Å². The van der Waals surface area contributed by atoms with E-state index in [1.165, 1.54) is 0 Å². The maximum Gasteiger partial charge on any atom is 0.327 e. The molecule has 13 heavy (non-hydrogen) atoms. The van der Waals surface area contributed by atoms with E-state index in [1.54, 1.807) is 0 Å². The maximum atomic E-state index is 10.4. The predicted octanol–water partition coefficient (Wildman–Crippen LogP) is 1.76. The lowest BCUT2D eigenvalue weighted by molar-refractivity contribution is 0.0680. The molecular weight excluding hydrogens is 191 g/mol. The van der Waals surface area contributed by atoms with Gasteiger partial charge in [0, 0.05) is 0 Å². The molecule has 2 N–H and O–H groups in total. The fraction of sp³-hybridized carbons (Fsp3) is 1.00. The summed E-state index contributed by atoms with van der Waals surface area (Å²) in [5, 5.41) is 0. The van der Waals surface area contributed by atoms with E-state index in [2.05, 4.69) is 6.92 Å². The lowest BCUT2D eigenvalue weighted by Crippen LogP contribution is -2.11. The summed E-state index contributed by atoms with van der Waals surface area (Å²) in [4.78, 5) is 17.1. The molecule has 4 nitrogen and oxygen atoms in total. The third-order valence-corrected chi connectivity index (χ3v) is 2.51. The van der Waals surface area contributed by atoms with Crippen LogP contribution in [0.5, 0.6) is 0 Å². The quantitative estimate of drug-likeness (QED) is 0.628. The third-order valence-electron chi connectivity index (χ3n) is 1.75. The van der Waals surface area contributed by atoms with Gasteiger partial charge in [-0.2, -0.15) is 0 Å². The molecule has 0 bridgehead atoms. The van der Waals surface area contributed by atoms with Crippen LogP contribution in [0.4, 0.5) is 0 Å². The van der Waals surface area contributed by atoms with Crippen molar-refractivity contribution in [1.29, 1.82) is 0 Å². The largest absolute Gasteiger partial charge is 0.378 e. The lowest BCUT2D eigenvalue weighted by Gasteiger charge is -2.12. The van der Waals surface area contributed by atoms with Gasteiger partial charge in [-0.1, -0.05) is 19.8 Å². The van der Waals surface area contributed by atoms with E-state index in [0.29, 0.717) is 0 Å². The van der Waals surface area contributed by atoms with Crippen LogP contribution in [0.1, 0.15) is 33.1 Å². The first-order valence-corrected chi connectivity index (χ1v) is 6.41. The van der Waals surface area contributed by atoms with Crippen molar-refractivity contribution in [1.82, 2.24) is 0 Å². The average molecular weight is 210 g/mol. The van der Waals surface area contributed by atoms with E-state index < -0.39 is 7.60 Å². The molecule has 0 saturated heterocycles. The minimum absolute atomic E-state index is 0.103. The molecule has 0 rings (SSSR count). The van der Waals surface area contributed by atoms with Crippen LogP contribution in [-0.2, 0) is 9.30 Å². The van der Waals surface area contributed by atoms with E-state index in [9.17, 15) is 4.57 Å². The summed E-state index contributed by atoms with van der Waals surface area (Å²) in [7, 11) is -3.87. The van der Waals surface area contributed by atoms with Gasteiger partial charge in [0.2, 0.25) is 0 Å². The SMILES string of the molecule is CCCCC(C)OCCP(=O)(O)O. The Labute approximate surface area is 79.5 Å². The van der Waals surface area contributed by atoms with Gasteiger partial charge in [-0.05, 0) is 13.3 Å². The fourth-order valence-corrected chi connectivity index (χ4v) is 1.29. The average Bonchev–Trinajstić information content (AvgIpc) is 1.98. The van der Waals surface area contributed by atoms with Crippen LogP contribution >= 0.6 is 7.60 Å². The summed E-state index contributed by atoms with van der Waals surface area (Å²) in [6.07, 6.45) is 3.09. The summed E-state index contributed by atoms with van der Waals surface area (Å²) >= 11 is 0. The highest BCUT2D eigenvalue weighted by atomic mass is 31.2. The molecule has 0 spiro atoms. The monoisotopic (exact) mass is 210 g/mol. The second-order valence-corrected chi connectivity index (χ2v) is 4.99. The number of ether oxygens (including phenoxy) is 1. The predicted molar refractivity (Wildman–Crippen MR) is 51.9 cm³/mol. The second kappa shape index (κ2) is 6.55. The third kappa shape index (κ3) is 10.0. The highest BCUT2D eigenvalue weighted by Gasteiger charge is 2.12. The highest BCUT2D eigenvalue weighted by Crippen LogP contribution is 2.33. The van der Waals surface area contributed by atoms with E-state index in [-0.39, 0.29) is 18.9 Å². The molecular formula is C8H19O4P. The smallest absolute Gasteiger partial charge is 0.327 e. The summed E-state index contributed by atoms with van der Waals surface area (Å²) in [5.74, 6) is 0. The first kappa shape index (κ1) is 13.1. The van der Waals surface area contributed by atoms with Gasteiger partial charge in [-0.3, -0.25) is 4.57 Å². The van der Waals surface area contributed by atoms with Crippen molar-refractivity contribution in [3.05, 3.63) is 0 Å². The van der Waals surface area contributed by atoms with E-state index >= 15 is 0 Å². The van der Waals surface area contributed by atoms with Crippen LogP contribution in [0.15, 0.2) is 0 Å². The summed E-state index contributed by atoms with van der Waals surface area (Å²) in [5.41, 5.74) is 0. The zero-order valence-electron chi connectivity index (χ0n) is 8.27. The molecule has 0 aliphatic rings. The van der Waals surface area contributed by atoms with Crippen LogP contribution in [0, 0.1) is 0 Å². The van der Waals surface area contributed by atoms with Crippen LogP contribution in [0.25, 0.3) is 0 Å². The summed E-state index contributed by atoms with van der Waals surface area (Å²) in [6.45, 7) is 4.17. The van der Waals surface area contributed by atoms with Crippen LogP contribution in [-0.4, -0.2) is 28.7 Å². The Morgan fingerprint density at radius 3 is 2.54 bits per heavy atom. The van der Waals surface area contributed by atoms with Gasteiger partial charge in [-0.15, -0.1) is 0 Å². The topological polar surface area (TPSA) is 66.8 Å². The first-order chi connectivity index (χ1) is 5.95. The standard InChI is InChI=1S/C8H19O4P/c1-3-4-5-8(2)12-6-7-13(9,10)11/h8H,3-7H2,1-2H3,(H2,9,10,11). The minimum atomic E-state index is -3.87. The summed E-state index contributed by atoms with van der Waals surface area (Å²) in [6, 6.07) is 0. The van der Waals surface area contributed by atoms with Crippen LogP contribution in [0.2, 0.25) is 0 Å². The van der Waals surface area contributed by atoms with Gasteiger partial charge in [0.25, 0.3) is 0 Å². The molecule has 0 saturated carbocycles. The summed E-state index contributed by atoms with van der Waals surface area (Å²) < 4.78 is 15.7. The van der Waals surface area contributed by atoms with E-state index in [0.717, 1.165) is 19.3 Å². The molecule has 0 amide bonds. The Hall–Kier alpha value is 0.110. The Kier molecular flexibility index (Phi) is 6.60. The maximum absolute atomic E-state index is 10.4. The number of unbranched alkanes of at least 4 members (excludes halogenated alkanes) is 1. The van der Waals surface area contributed by atoms with Crippen molar-refractivity contribution in [3.8, 4) is 0 Å². The molecule has 0 aromatic heterocycles. The second-order valence-electron chi connectivity index (χ2n) is 3.21. The Balaban J connectivity index is 3.37. The van der Waals surface area contributed by atoms with Gasteiger partial charge in [-0.25, -0.2) is 0 Å². The Morgan fingerprint density at radius 1 is 1.46 bits per heavy atom. The molecule has 0 heterocycles. The van der Waals surface area contributed by atoms with Gasteiger partial charge in [0.15, 0.2) is 0 Å². The van der Waals surface area contributed by atoms with E-state index in [1.807, 2.05) is 6.92 Å². The lowest BCUT2D eigenvalue weighted by atomic mass is 10.2. The van der Waals surface area contributed by atoms with Gasteiger partial charge in [0.05, 0.1) is 18.9 Å². The molecule has 0 radical (unpaired) electrons. The number of rotatable bonds is 7. The molecule has 0 aliphatic heterocycles. The van der Waals surface area contributed by atoms with Gasteiger partial charge < -0.3 is 14.5 Å². The van der Waals surface area contributed by atoms with Crippen molar-refractivity contribution in [2.45, 2.75) is 39.2 Å². The van der Waals surface area contributed by atoms with Crippen molar-refractivity contribution >= 4 is 7.60 Å². The Bertz CT molecular complexity index is 166. The normalized spacial score (nSPS) is 14.5. The molecule has 0 aromatic rings. The van der Waals surface area contributed by atoms with Crippen molar-refractivity contribution in [2.24, 2.45) is 0 Å². The highest BCUT2D eigenvalue weighted by molar-refractivity contribution is 7.51. The van der Waals surface area contributed by atoms with Crippen LogP contribution < -0.4 is 0 Å².